The van der Waals surface area contributed by atoms with Crippen molar-refractivity contribution < 1.29 is 14.1 Å². The number of piperazine rings is 1. The Kier molecular flexibility index (Phi) is 7.37. The van der Waals surface area contributed by atoms with E-state index in [4.69, 9.17) is 4.52 Å². The molecule has 1 aromatic heterocycles. The molecule has 1 aliphatic heterocycles. The first-order valence-electron chi connectivity index (χ1n) is 11.7. The molecular weight excluding hydrogens is 430 g/mol. The largest absolute Gasteiger partial charge is 0.349 e. The third-order valence-electron chi connectivity index (χ3n) is 6.22. The van der Waals surface area contributed by atoms with Crippen molar-refractivity contribution in [1.82, 2.24) is 25.3 Å². The molecule has 0 aliphatic carbocycles. The fourth-order valence-corrected chi connectivity index (χ4v) is 4.08. The van der Waals surface area contributed by atoms with E-state index in [9.17, 15) is 9.59 Å². The molecule has 8 heteroatoms. The zero-order valence-electron chi connectivity index (χ0n) is 19.9. The van der Waals surface area contributed by atoms with Crippen molar-refractivity contribution in [2.45, 2.75) is 39.3 Å². The summed E-state index contributed by atoms with van der Waals surface area (Å²) in [7, 11) is 0. The number of amides is 2. The van der Waals surface area contributed by atoms with Crippen LogP contribution in [0.25, 0.3) is 11.4 Å². The Bertz CT molecular complexity index is 1100. The van der Waals surface area contributed by atoms with Crippen LogP contribution < -0.4 is 5.32 Å². The van der Waals surface area contributed by atoms with Crippen molar-refractivity contribution in [3.05, 3.63) is 71.6 Å². The van der Waals surface area contributed by atoms with Crippen LogP contribution in [0.5, 0.6) is 0 Å². The number of hydrogen-bond donors (Lipinski definition) is 1. The maximum Gasteiger partial charge on any atom is 0.251 e. The van der Waals surface area contributed by atoms with E-state index < -0.39 is 0 Å². The summed E-state index contributed by atoms with van der Waals surface area (Å²) in [6.07, 6.45) is 0.275. The van der Waals surface area contributed by atoms with Gasteiger partial charge < -0.3 is 14.7 Å². The fourth-order valence-electron chi connectivity index (χ4n) is 4.08. The molecule has 1 fully saturated rings. The molecule has 178 valence electrons. The Balaban J connectivity index is 1.26. The van der Waals surface area contributed by atoms with Gasteiger partial charge in [-0.1, -0.05) is 53.2 Å². The number of hydrogen-bond acceptors (Lipinski definition) is 6. The Morgan fingerprint density at radius 3 is 2.35 bits per heavy atom. The number of carbonyl (C=O) groups is 2. The maximum absolute atomic E-state index is 12.8. The van der Waals surface area contributed by atoms with Gasteiger partial charge in [0.15, 0.2) is 0 Å². The lowest BCUT2D eigenvalue weighted by Gasteiger charge is -2.37. The van der Waals surface area contributed by atoms with Gasteiger partial charge in [0.05, 0.1) is 6.04 Å². The lowest BCUT2D eigenvalue weighted by Crippen LogP contribution is -2.50. The van der Waals surface area contributed by atoms with Crippen LogP contribution >= 0.6 is 0 Å². The number of nitrogens with zero attached hydrogens (tertiary/aromatic N) is 4. The molecule has 34 heavy (non-hydrogen) atoms. The van der Waals surface area contributed by atoms with Crippen molar-refractivity contribution in [3.63, 3.8) is 0 Å². The summed E-state index contributed by atoms with van der Waals surface area (Å²) in [6, 6.07) is 16.8. The second kappa shape index (κ2) is 10.6. The van der Waals surface area contributed by atoms with Crippen LogP contribution in [0, 0.1) is 6.92 Å². The van der Waals surface area contributed by atoms with Crippen LogP contribution in [-0.2, 0) is 4.79 Å². The molecule has 3 aromatic rings. The molecule has 2 unspecified atom stereocenters. The van der Waals surface area contributed by atoms with E-state index in [1.54, 1.807) is 12.1 Å². The molecule has 0 radical (unpaired) electrons. The predicted molar refractivity (Wildman–Crippen MR) is 129 cm³/mol. The van der Waals surface area contributed by atoms with Gasteiger partial charge in [0.2, 0.25) is 17.6 Å². The summed E-state index contributed by atoms with van der Waals surface area (Å²) in [5.74, 6) is 1.05. The van der Waals surface area contributed by atoms with Crippen molar-refractivity contribution >= 4 is 11.8 Å². The van der Waals surface area contributed by atoms with Gasteiger partial charge in [0.25, 0.3) is 5.91 Å². The number of nitrogens with one attached hydrogen (secondary N) is 1. The van der Waals surface area contributed by atoms with Crippen LogP contribution in [0.1, 0.15) is 48.1 Å². The topological polar surface area (TPSA) is 91.6 Å². The Morgan fingerprint density at radius 2 is 1.68 bits per heavy atom. The molecule has 0 spiro atoms. The first-order chi connectivity index (χ1) is 16.4. The molecule has 2 aromatic carbocycles. The van der Waals surface area contributed by atoms with Gasteiger partial charge in [-0.3, -0.25) is 14.5 Å². The zero-order chi connectivity index (χ0) is 24.1. The summed E-state index contributed by atoms with van der Waals surface area (Å²) >= 11 is 0. The quantitative estimate of drug-likeness (QED) is 0.579. The molecule has 0 bridgehead atoms. The minimum Gasteiger partial charge on any atom is -0.349 e. The summed E-state index contributed by atoms with van der Waals surface area (Å²) < 4.78 is 5.54. The highest BCUT2D eigenvalue weighted by atomic mass is 16.5. The summed E-state index contributed by atoms with van der Waals surface area (Å²) in [4.78, 5) is 33.8. The van der Waals surface area contributed by atoms with E-state index in [1.807, 2.05) is 68.1 Å². The number of benzene rings is 2. The number of rotatable bonds is 7. The van der Waals surface area contributed by atoms with E-state index in [0.29, 0.717) is 30.4 Å². The number of aryl methyl sites for hydroxylation is 1. The Labute approximate surface area is 199 Å². The fraction of sp³-hybridized carbons (Fsp3) is 0.385. The Morgan fingerprint density at radius 1 is 1.00 bits per heavy atom. The number of aromatic nitrogens is 2. The zero-order valence-corrected chi connectivity index (χ0v) is 19.9. The standard InChI is InChI=1S/C26H31N5O3/c1-18-9-11-21(12-10-18)24-28-26(34-29-24)20(3)30-13-15-31(16-14-30)23(32)17-19(2)27-25(33)22-7-5-4-6-8-22/h4-12,19-20H,13-17H2,1-3H3,(H,27,33). The first kappa shape index (κ1) is 23.6. The molecular formula is C26H31N5O3. The predicted octanol–water partition coefficient (Wildman–Crippen LogP) is 3.46. The molecule has 4 rings (SSSR count). The van der Waals surface area contributed by atoms with Crippen molar-refractivity contribution in [2.24, 2.45) is 0 Å². The van der Waals surface area contributed by atoms with Crippen LogP contribution in [0.3, 0.4) is 0 Å². The molecule has 1 N–H and O–H groups in total. The van der Waals surface area contributed by atoms with Gasteiger partial charge in [-0.15, -0.1) is 0 Å². The third-order valence-corrected chi connectivity index (χ3v) is 6.22. The molecule has 1 aliphatic rings. The lowest BCUT2D eigenvalue weighted by molar-refractivity contribution is -0.133. The normalized spacial score (nSPS) is 16.1. The van der Waals surface area contributed by atoms with Crippen LogP contribution in [0.15, 0.2) is 59.1 Å². The van der Waals surface area contributed by atoms with E-state index in [1.165, 1.54) is 5.56 Å². The minimum absolute atomic E-state index is 0.0342. The summed E-state index contributed by atoms with van der Waals surface area (Å²) in [5, 5.41) is 7.05. The van der Waals surface area contributed by atoms with E-state index in [-0.39, 0.29) is 30.3 Å². The van der Waals surface area contributed by atoms with Gasteiger partial charge in [0, 0.05) is 49.8 Å². The molecule has 2 amide bonds. The second-order valence-corrected chi connectivity index (χ2v) is 8.86. The van der Waals surface area contributed by atoms with Gasteiger partial charge in [-0.2, -0.15) is 4.98 Å². The van der Waals surface area contributed by atoms with Gasteiger partial charge in [0.1, 0.15) is 0 Å². The summed E-state index contributed by atoms with van der Waals surface area (Å²) in [6.45, 7) is 8.64. The lowest BCUT2D eigenvalue weighted by atomic mass is 10.1. The van der Waals surface area contributed by atoms with Gasteiger partial charge in [-0.25, -0.2) is 0 Å². The molecule has 0 saturated carbocycles. The highest BCUT2D eigenvalue weighted by Gasteiger charge is 2.28. The van der Waals surface area contributed by atoms with E-state index in [0.717, 1.165) is 18.7 Å². The molecule has 8 nitrogen and oxygen atoms in total. The number of carbonyl (C=O) groups excluding carboxylic acids is 2. The average molecular weight is 462 g/mol. The highest BCUT2D eigenvalue weighted by Crippen LogP contribution is 2.24. The van der Waals surface area contributed by atoms with Crippen molar-refractivity contribution in [2.75, 3.05) is 26.2 Å². The summed E-state index contributed by atoms with van der Waals surface area (Å²) in [5.41, 5.74) is 2.70. The van der Waals surface area contributed by atoms with Crippen molar-refractivity contribution in [1.29, 1.82) is 0 Å². The average Bonchev–Trinajstić information content (AvgIpc) is 3.35. The smallest absolute Gasteiger partial charge is 0.251 e. The minimum atomic E-state index is -0.240. The van der Waals surface area contributed by atoms with E-state index >= 15 is 0 Å². The first-order valence-corrected chi connectivity index (χ1v) is 11.7. The maximum atomic E-state index is 12.8. The third kappa shape index (κ3) is 5.69. The molecule has 2 atom stereocenters. The highest BCUT2D eigenvalue weighted by molar-refractivity contribution is 5.94. The SMILES string of the molecule is Cc1ccc(-c2noc(C(C)N3CCN(C(=O)CC(C)NC(=O)c4ccccc4)CC3)n2)cc1. The molecule has 2 heterocycles. The van der Waals surface area contributed by atoms with Gasteiger partial charge in [-0.05, 0) is 32.9 Å². The monoisotopic (exact) mass is 461 g/mol. The van der Waals surface area contributed by atoms with E-state index in [2.05, 4.69) is 20.4 Å². The second-order valence-electron chi connectivity index (χ2n) is 8.86. The van der Waals surface area contributed by atoms with Crippen LogP contribution in [-0.4, -0.2) is 64.0 Å². The molecule has 1 saturated heterocycles. The van der Waals surface area contributed by atoms with Crippen molar-refractivity contribution in [3.8, 4) is 11.4 Å². The van der Waals surface area contributed by atoms with Crippen LogP contribution in [0.2, 0.25) is 0 Å². The van der Waals surface area contributed by atoms with Gasteiger partial charge >= 0.3 is 0 Å². The Hall–Kier alpha value is -3.52. The van der Waals surface area contributed by atoms with Crippen LogP contribution in [0.4, 0.5) is 0 Å².